The second kappa shape index (κ2) is 20.1. The van der Waals surface area contributed by atoms with E-state index < -0.39 is 11.4 Å². The first kappa shape index (κ1) is 48.0. The molecule has 2 atom stereocenters. The van der Waals surface area contributed by atoms with Gasteiger partial charge in [0.15, 0.2) is 0 Å². The van der Waals surface area contributed by atoms with Gasteiger partial charge in [-0.3, -0.25) is 19.4 Å². The van der Waals surface area contributed by atoms with Crippen molar-refractivity contribution in [3.63, 3.8) is 0 Å². The van der Waals surface area contributed by atoms with E-state index in [0.29, 0.717) is 78.8 Å². The highest BCUT2D eigenvalue weighted by atomic mass is 16.5. The summed E-state index contributed by atoms with van der Waals surface area (Å²) in [5.41, 5.74) is 4.48. The Kier molecular flexibility index (Phi) is 14.0. The Hall–Kier alpha value is -6.06. The van der Waals surface area contributed by atoms with Crippen molar-refractivity contribution >= 4 is 35.3 Å². The van der Waals surface area contributed by atoms with E-state index >= 15 is 0 Å². The average molecular weight is 941 g/mol. The fraction of sp³-hybridized carbons (Fsp3) is 0.455. The molecule has 14 heteroatoms. The van der Waals surface area contributed by atoms with Crippen LogP contribution in [0.4, 0.5) is 11.4 Å². The highest BCUT2D eigenvalue weighted by Gasteiger charge is 2.60. The van der Waals surface area contributed by atoms with Gasteiger partial charge >= 0.3 is 0 Å². The van der Waals surface area contributed by atoms with Crippen molar-refractivity contribution in [2.75, 3.05) is 116 Å². The summed E-state index contributed by atoms with van der Waals surface area (Å²) < 4.78 is 37.9. The zero-order chi connectivity index (χ0) is 48.2. The molecule has 4 aromatic rings. The summed E-state index contributed by atoms with van der Waals surface area (Å²) in [5.74, 6) is 2.66. The number of carbonyl (C=O) groups excluding carboxylic acids is 2. The van der Waals surface area contributed by atoms with Gasteiger partial charge in [0.05, 0.1) is 51.5 Å². The largest absolute Gasteiger partial charge is 0.497 e. The SMILES string of the molecule is COc1ccc2c(c1)C=CC1(O2)N(CCOCCN2CCNC(=O)CC(=O)NCCN(CCOCCN3c4ccccc4C(C)(C)C34C=Cc3cc(OC)ccc3O4)CC2)c2ccccc2C1(C)C. The molecule has 4 aromatic carbocycles. The van der Waals surface area contributed by atoms with Crippen molar-refractivity contribution < 1.29 is 38.0 Å². The lowest BCUT2D eigenvalue weighted by atomic mass is 9.76. The number of rotatable bonds is 14. The number of fused-ring (bicyclic) bond motifs is 4. The van der Waals surface area contributed by atoms with Crippen LogP contribution in [0.5, 0.6) is 23.0 Å². The van der Waals surface area contributed by atoms with Crippen LogP contribution in [0.3, 0.4) is 0 Å². The molecule has 2 spiro atoms. The Morgan fingerprint density at radius 2 is 0.971 bits per heavy atom. The van der Waals surface area contributed by atoms with Gasteiger partial charge in [0.25, 0.3) is 0 Å². The normalized spacial score (nSPS) is 22.8. The quantitative estimate of drug-likeness (QED) is 0.106. The Morgan fingerprint density at radius 3 is 1.41 bits per heavy atom. The summed E-state index contributed by atoms with van der Waals surface area (Å²) in [6.07, 6.45) is 8.47. The maximum absolute atomic E-state index is 12.6. The zero-order valence-corrected chi connectivity index (χ0v) is 41.1. The van der Waals surface area contributed by atoms with Crippen LogP contribution < -0.4 is 39.4 Å². The van der Waals surface area contributed by atoms with Gasteiger partial charge in [-0.15, -0.1) is 0 Å². The Balaban J connectivity index is 0.809. The third-order valence-electron chi connectivity index (χ3n) is 14.8. The van der Waals surface area contributed by atoms with E-state index in [0.717, 1.165) is 58.6 Å². The fourth-order valence-corrected chi connectivity index (χ4v) is 10.8. The molecular formula is C55H68N6O8. The number of hydrogen-bond donors (Lipinski definition) is 2. The second-order valence-electron chi connectivity index (χ2n) is 19.4. The predicted molar refractivity (Wildman–Crippen MR) is 270 cm³/mol. The third-order valence-corrected chi connectivity index (χ3v) is 14.8. The minimum atomic E-state index is -0.749. The molecule has 0 bridgehead atoms. The van der Waals surface area contributed by atoms with E-state index in [1.165, 1.54) is 11.1 Å². The molecule has 69 heavy (non-hydrogen) atoms. The van der Waals surface area contributed by atoms with Crippen LogP contribution >= 0.6 is 0 Å². The molecule has 2 N–H and O–H groups in total. The molecule has 0 saturated carbocycles. The lowest BCUT2D eigenvalue weighted by molar-refractivity contribution is -0.129. The summed E-state index contributed by atoms with van der Waals surface area (Å²) in [6, 6.07) is 28.9. The van der Waals surface area contributed by atoms with Crippen LogP contribution in [0.15, 0.2) is 97.1 Å². The van der Waals surface area contributed by atoms with Crippen LogP contribution in [0.1, 0.15) is 56.4 Å². The van der Waals surface area contributed by atoms with Gasteiger partial charge in [-0.25, -0.2) is 0 Å². The first-order chi connectivity index (χ1) is 33.4. The van der Waals surface area contributed by atoms with E-state index in [4.69, 9.17) is 28.4 Å². The zero-order valence-electron chi connectivity index (χ0n) is 41.1. The Bertz CT molecular complexity index is 2390. The standard InChI is InChI=1S/C55H68N6O8/c1-52(2)44-11-7-9-13-46(44)60(54(52)21-19-40-37-42(64-5)15-17-48(40)68-54)31-35-66-33-29-58-25-23-56-50(62)39-51(63)57-24-26-59(28-27-58)30-34-67-36-32-61-47-14-10-8-12-45(47)53(3,4)55(61)22-20-41-38-43(65-6)16-18-49(41)69-55/h7-22,37-38H,23-36,39H2,1-6H3,(H,56,62)(H,57,63). The number of carbonyl (C=O) groups is 2. The van der Waals surface area contributed by atoms with Crippen LogP contribution in [-0.2, 0) is 29.9 Å². The molecule has 366 valence electrons. The summed E-state index contributed by atoms with van der Waals surface area (Å²) in [5, 5.41) is 5.87. The number of nitrogens with zero attached hydrogens (tertiary/aromatic N) is 4. The van der Waals surface area contributed by atoms with Gasteiger partial charge in [0.2, 0.25) is 23.3 Å². The van der Waals surface area contributed by atoms with Gasteiger partial charge in [-0.05, 0) is 112 Å². The fourth-order valence-electron chi connectivity index (χ4n) is 10.8. The van der Waals surface area contributed by atoms with Gasteiger partial charge in [-0.1, -0.05) is 36.4 Å². The van der Waals surface area contributed by atoms with Crippen molar-refractivity contribution in [1.82, 2.24) is 20.4 Å². The molecule has 2 unspecified atom stereocenters. The predicted octanol–water partition coefficient (Wildman–Crippen LogP) is 6.48. The van der Waals surface area contributed by atoms with Crippen molar-refractivity contribution in [1.29, 1.82) is 0 Å². The van der Waals surface area contributed by atoms with Crippen LogP contribution in [0, 0.1) is 0 Å². The van der Waals surface area contributed by atoms with E-state index in [2.05, 4.69) is 131 Å². The number of anilines is 2. The molecule has 5 aliphatic heterocycles. The van der Waals surface area contributed by atoms with Gasteiger partial charge < -0.3 is 48.9 Å². The summed E-state index contributed by atoms with van der Waals surface area (Å²) in [6.45, 7) is 17.2. The molecule has 2 amide bonds. The minimum Gasteiger partial charge on any atom is -0.497 e. The number of benzene rings is 4. The van der Waals surface area contributed by atoms with Gasteiger partial charge in [-0.2, -0.15) is 0 Å². The lowest BCUT2D eigenvalue weighted by Gasteiger charge is -2.47. The number of methoxy groups -OCH3 is 2. The maximum atomic E-state index is 12.6. The molecule has 0 radical (unpaired) electrons. The number of para-hydroxylation sites is 2. The lowest BCUT2D eigenvalue weighted by Crippen LogP contribution is -2.60. The summed E-state index contributed by atoms with van der Waals surface area (Å²) >= 11 is 0. The highest BCUT2D eigenvalue weighted by Crippen LogP contribution is 2.56. The first-order valence-corrected chi connectivity index (χ1v) is 24.4. The third kappa shape index (κ3) is 9.27. The molecule has 14 nitrogen and oxygen atoms in total. The average Bonchev–Trinajstić information content (AvgIpc) is 3.64. The molecule has 5 aliphatic rings. The summed E-state index contributed by atoms with van der Waals surface area (Å²) in [4.78, 5) is 34.6. The minimum absolute atomic E-state index is 0.195. The van der Waals surface area contributed by atoms with Gasteiger partial charge in [0, 0.05) is 87.9 Å². The molecule has 1 fully saturated rings. The van der Waals surface area contributed by atoms with Crippen molar-refractivity contribution in [3.05, 3.63) is 119 Å². The van der Waals surface area contributed by atoms with Crippen molar-refractivity contribution in [2.45, 2.75) is 56.4 Å². The highest BCUT2D eigenvalue weighted by molar-refractivity contribution is 5.96. The van der Waals surface area contributed by atoms with Crippen LogP contribution in [-0.4, -0.2) is 139 Å². The Morgan fingerprint density at radius 1 is 0.551 bits per heavy atom. The molecule has 0 aromatic heterocycles. The van der Waals surface area contributed by atoms with E-state index in [-0.39, 0.29) is 29.1 Å². The number of amides is 2. The topological polar surface area (TPSA) is 127 Å². The van der Waals surface area contributed by atoms with Crippen molar-refractivity contribution in [3.8, 4) is 23.0 Å². The summed E-state index contributed by atoms with van der Waals surface area (Å²) in [7, 11) is 3.35. The van der Waals surface area contributed by atoms with Crippen LogP contribution in [0.25, 0.3) is 12.2 Å². The van der Waals surface area contributed by atoms with Crippen molar-refractivity contribution in [2.24, 2.45) is 0 Å². The number of hydrogen-bond acceptors (Lipinski definition) is 12. The monoisotopic (exact) mass is 941 g/mol. The van der Waals surface area contributed by atoms with Gasteiger partial charge in [0.1, 0.15) is 29.4 Å². The maximum Gasteiger partial charge on any atom is 0.229 e. The molecular weight excluding hydrogens is 873 g/mol. The van der Waals surface area contributed by atoms with E-state index in [9.17, 15) is 9.59 Å². The van der Waals surface area contributed by atoms with Crippen LogP contribution in [0.2, 0.25) is 0 Å². The number of nitrogens with one attached hydrogen (secondary N) is 2. The number of ether oxygens (including phenoxy) is 6. The van der Waals surface area contributed by atoms with E-state index in [1.807, 2.05) is 36.4 Å². The first-order valence-electron chi connectivity index (χ1n) is 24.4. The molecule has 5 heterocycles. The Labute approximate surface area is 407 Å². The van der Waals surface area contributed by atoms with E-state index in [1.54, 1.807) is 14.2 Å². The smallest absolute Gasteiger partial charge is 0.229 e. The molecule has 1 saturated heterocycles. The molecule has 0 aliphatic carbocycles. The second-order valence-corrected chi connectivity index (χ2v) is 19.4. The molecule has 9 rings (SSSR count).